The van der Waals surface area contributed by atoms with Crippen molar-refractivity contribution in [3.63, 3.8) is 0 Å². The first-order chi connectivity index (χ1) is 11.6. The van der Waals surface area contributed by atoms with Crippen LogP contribution in [0.15, 0.2) is 52.7 Å². The van der Waals surface area contributed by atoms with E-state index in [4.69, 9.17) is 20.9 Å². The molecule has 24 heavy (non-hydrogen) atoms. The van der Waals surface area contributed by atoms with Crippen molar-refractivity contribution < 1.29 is 9.47 Å². The monoisotopic (exact) mass is 326 g/mol. The minimum atomic E-state index is -0.0886. The maximum atomic E-state index is 5.88. The summed E-state index contributed by atoms with van der Waals surface area (Å²) in [7, 11) is 0. The van der Waals surface area contributed by atoms with Crippen LogP contribution in [0.2, 0.25) is 0 Å². The Balaban J connectivity index is 2.12. The summed E-state index contributed by atoms with van der Waals surface area (Å²) in [6, 6.07) is 13.8. The molecule has 2 aromatic rings. The van der Waals surface area contributed by atoms with E-state index in [1.54, 1.807) is 6.21 Å². The zero-order valence-electron chi connectivity index (χ0n) is 13.9. The molecule has 0 fully saturated rings. The second-order valence-electron chi connectivity index (χ2n) is 5.18. The summed E-state index contributed by atoms with van der Waals surface area (Å²) in [5, 5.41) is 7.36. The molecule has 0 aromatic heterocycles. The normalized spacial score (nSPS) is 10.6. The molecule has 0 unspecified atom stereocenters. The lowest BCUT2D eigenvalue weighted by Crippen LogP contribution is -2.21. The molecule has 6 nitrogen and oxygen atoms in total. The largest absolute Gasteiger partial charge is 0.490 e. The number of ether oxygens (including phenoxy) is 2. The highest BCUT2D eigenvalue weighted by atomic mass is 16.5. The molecular weight excluding hydrogens is 304 g/mol. The van der Waals surface area contributed by atoms with Crippen molar-refractivity contribution in [1.29, 1.82) is 0 Å². The number of hydrogen-bond acceptors (Lipinski definition) is 4. The molecule has 0 spiro atoms. The van der Waals surface area contributed by atoms with Crippen LogP contribution in [0.25, 0.3) is 0 Å². The predicted octanol–water partition coefficient (Wildman–Crippen LogP) is 2.58. The molecule has 0 heterocycles. The minimum absolute atomic E-state index is 0.0886. The van der Waals surface area contributed by atoms with E-state index >= 15 is 0 Å². The number of nitrogens with zero attached hydrogens (tertiary/aromatic N) is 2. The lowest BCUT2D eigenvalue weighted by molar-refractivity contribution is 0.269. The third-order valence-electron chi connectivity index (χ3n) is 3.16. The van der Waals surface area contributed by atoms with Gasteiger partial charge < -0.3 is 20.9 Å². The maximum Gasteiger partial charge on any atom is 0.211 e. The van der Waals surface area contributed by atoms with E-state index in [1.165, 1.54) is 5.56 Å². The molecule has 0 aliphatic rings. The van der Waals surface area contributed by atoms with Crippen LogP contribution in [0.1, 0.15) is 23.6 Å². The fraction of sp³-hybridized carbons (Fsp3) is 0.222. The molecule has 0 aliphatic carbocycles. The molecule has 0 aliphatic heterocycles. The molecule has 126 valence electrons. The van der Waals surface area contributed by atoms with E-state index in [9.17, 15) is 0 Å². The number of nitrogens with two attached hydrogens (primary N) is 2. The summed E-state index contributed by atoms with van der Waals surface area (Å²) in [5.74, 6) is 1.24. The highest BCUT2D eigenvalue weighted by Gasteiger charge is 2.06. The Labute approximate surface area is 141 Å². The molecular formula is C18H22N4O2. The van der Waals surface area contributed by atoms with Crippen LogP contribution in [-0.4, -0.2) is 18.8 Å². The Kier molecular flexibility index (Phi) is 6.19. The summed E-state index contributed by atoms with van der Waals surface area (Å²) in [5.41, 5.74) is 13.6. The number of rotatable bonds is 7. The first kappa shape index (κ1) is 17.3. The van der Waals surface area contributed by atoms with E-state index in [2.05, 4.69) is 29.3 Å². The van der Waals surface area contributed by atoms with Crippen LogP contribution >= 0.6 is 0 Å². The Morgan fingerprint density at radius 3 is 2.46 bits per heavy atom. The number of hydrogen-bond donors (Lipinski definition) is 2. The SMILES string of the molecule is CCOc1cc(/C=N/N=C(N)N)ccc1OCc1ccc(C)cc1. The van der Waals surface area contributed by atoms with Gasteiger partial charge >= 0.3 is 0 Å². The van der Waals surface area contributed by atoms with Crippen molar-refractivity contribution in [3.8, 4) is 11.5 Å². The van der Waals surface area contributed by atoms with Crippen LogP contribution in [0.4, 0.5) is 0 Å². The molecule has 0 atom stereocenters. The van der Waals surface area contributed by atoms with E-state index in [0.29, 0.717) is 24.7 Å². The Bertz CT molecular complexity index is 720. The van der Waals surface area contributed by atoms with Gasteiger partial charge in [0.05, 0.1) is 12.8 Å². The van der Waals surface area contributed by atoms with Gasteiger partial charge in [0.15, 0.2) is 11.5 Å². The standard InChI is InChI=1S/C18H22N4O2/c1-3-23-17-10-15(11-21-22-18(19)20)8-9-16(17)24-12-14-6-4-13(2)5-7-14/h4-11H,3,12H2,1-2H3,(H4,19,20,22)/b21-11+. The van der Waals surface area contributed by atoms with Crippen LogP contribution < -0.4 is 20.9 Å². The second kappa shape index (κ2) is 8.57. The first-order valence-electron chi connectivity index (χ1n) is 7.65. The molecule has 2 rings (SSSR count). The van der Waals surface area contributed by atoms with Gasteiger partial charge in [0.2, 0.25) is 5.96 Å². The van der Waals surface area contributed by atoms with E-state index in [1.807, 2.05) is 37.3 Å². The van der Waals surface area contributed by atoms with Gasteiger partial charge in [-0.25, -0.2) is 0 Å². The number of aryl methyl sites for hydroxylation is 1. The average Bonchev–Trinajstić information content (AvgIpc) is 2.55. The van der Waals surface area contributed by atoms with Crippen molar-refractivity contribution in [2.75, 3.05) is 6.61 Å². The van der Waals surface area contributed by atoms with E-state index in [0.717, 1.165) is 11.1 Å². The van der Waals surface area contributed by atoms with Gasteiger partial charge in [0.25, 0.3) is 0 Å². The maximum absolute atomic E-state index is 5.88. The smallest absolute Gasteiger partial charge is 0.211 e. The number of benzene rings is 2. The zero-order valence-corrected chi connectivity index (χ0v) is 13.9. The van der Waals surface area contributed by atoms with Crippen LogP contribution in [0.5, 0.6) is 11.5 Å². The highest BCUT2D eigenvalue weighted by molar-refractivity contribution is 5.82. The quantitative estimate of drug-likeness (QED) is 0.464. The molecule has 2 aromatic carbocycles. The summed E-state index contributed by atoms with van der Waals surface area (Å²) in [4.78, 5) is 0. The molecule has 6 heteroatoms. The highest BCUT2D eigenvalue weighted by Crippen LogP contribution is 2.29. The molecule has 0 amide bonds. The van der Waals surface area contributed by atoms with Crippen molar-refractivity contribution in [2.24, 2.45) is 21.7 Å². The Morgan fingerprint density at radius 1 is 1.04 bits per heavy atom. The van der Waals surface area contributed by atoms with Gasteiger partial charge in [-0.2, -0.15) is 5.10 Å². The molecule has 0 saturated heterocycles. The van der Waals surface area contributed by atoms with Gasteiger partial charge in [0, 0.05) is 0 Å². The summed E-state index contributed by atoms with van der Waals surface area (Å²) < 4.78 is 11.5. The lowest BCUT2D eigenvalue weighted by Gasteiger charge is -2.12. The molecule has 4 N–H and O–H groups in total. The Hall–Kier alpha value is -3.02. The molecule has 0 saturated carbocycles. The van der Waals surface area contributed by atoms with E-state index in [-0.39, 0.29) is 5.96 Å². The summed E-state index contributed by atoms with van der Waals surface area (Å²) in [6.45, 7) is 4.99. The fourth-order valence-corrected chi connectivity index (χ4v) is 2.00. The minimum Gasteiger partial charge on any atom is -0.490 e. The third kappa shape index (κ3) is 5.31. The topological polar surface area (TPSA) is 95.2 Å². The van der Waals surface area contributed by atoms with Crippen molar-refractivity contribution in [1.82, 2.24) is 0 Å². The third-order valence-corrected chi connectivity index (χ3v) is 3.16. The average molecular weight is 326 g/mol. The van der Waals surface area contributed by atoms with Crippen molar-refractivity contribution in [2.45, 2.75) is 20.5 Å². The van der Waals surface area contributed by atoms with Crippen LogP contribution in [0, 0.1) is 6.92 Å². The Morgan fingerprint density at radius 2 is 1.79 bits per heavy atom. The van der Waals surface area contributed by atoms with Gasteiger partial charge in [-0.1, -0.05) is 29.8 Å². The first-order valence-corrected chi connectivity index (χ1v) is 7.65. The van der Waals surface area contributed by atoms with Crippen LogP contribution in [0.3, 0.4) is 0 Å². The summed E-state index contributed by atoms with van der Waals surface area (Å²) in [6.07, 6.45) is 1.55. The molecule has 0 radical (unpaired) electrons. The lowest BCUT2D eigenvalue weighted by atomic mass is 10.2. The molecule has 0 bridgehead atoms. The summed E-state index contributed by atoms with van der Waals surface area (Å²) >= 11 is 0. The van der Waals surface area contributed by atoms with Crippen molar-refractivity contribution in [3.05, 3.63) is 59.2 Å². The van der Waals surface area contributed by atoms with Crippen LogP contribution in [-0.2, 0) is 6.61 Å². The second-order valence-corrected chi connectivity index (χ2v) is 5.18. The number of guanidine groups is 1. The zero-order chi connectivity index (χ0) is 17.4. The van der Waals surface area contributed by atoms with Gasteiger partial charge in [-0.3, -0.25) is 0 Å². The fourth-order valence-electron chi connectivity index (χ4n) is 2.00. The van der Waals surface area contributed by atoms with Gasteiger partial charge in [0.1, 0.15) is 6.61 Å². The van der Waals surface area contributed by atoms with E-state index < -0.39 is 0 Å². The van der Waals surface area contributed by atoms with Crippen molar-refractivity contribution >= 4 is 12.2 Å². The van der Waals surface area contributed by atoms with Gasteiger partial charge in [-0.05, 0) is 43.2 Å². The van der Waals surface area contributed by atoms with Gasteiger partial charge in [-0.15, -0.1) is 5.10 Å². The predicted molar refractivity (Wildman–Crippen MR) is 96.5 cm³/mol.